The van der Waals surface area contributed by atoms with Crippen LogP contribution in [0.4, 0.5) is 0 Å². The summed E-state index contributed by atoms with van der Waals surface area (Å²) in [6.07, 6.45) is 4.10. The minimum absolute atomic E-state index is 0. The van der Waals surface area contributed by atoms with Crippen LogP contribution in [-0.2, 0) is 11.3 Å². The first-order chi connectivity index (χ1) is 11.7. The monoisotopic (exact) mass is 364 g/mol. The summed E-state index contributed by atoms with van der Waals surface area (Å²) in [5, 5.41) is 3.78. The topological polar surface area (TPSA) is 67.2 Å². The van der Waals surface area contributed by atoms with Crippen molar-refractivity contribution in [3.8, 4) is 0 Å². The summed E-state index contributed by atoms with van der Waals surface area (Å²) in [6.45, 7) is 2.95. The van der Waals surface area contributed by atoms with E-state index in [4.69, 9.17) is 0 Å². The third-order valence-corrected chi connectivity index (χ3v) is 4.66. The number of aromatic nitrogens is 2. The fourth-order valence-electron chi connectivity index (χ4n) is 3.39. The molecule has 7 heteroatoms. The maximum absolute atomic E-state index is 12.5. The molecular weight excluding hydrogens is 340 g/mol. The van der Waals surface area contributed by atoms with Gasteiger partial charge >= 0.3 is 0 Å². The van der Waals surface area contributed by atoms with E-state index in [9.17, 15) is 9.59 Å². The summed E-state index contributed by atoms with van der Waals surface area (Å²) in [4.78, 5) is 31.1. The number of carbonyl (C=O) groups is 1. The standard InChI is InChI=1S/C18H24N4O2.ClH/c1-19-11-14-5-4-9-21(12-14)17(23)8-10-22-13-20-16-7-3-2-6-15(16)18(22)24;/h2-3,6-7,13-14,19H,4-5,8-12H2,1H3;1H. The Morgan fingerprint density at radius 1 is 1.36 bits per heavy atom. The van der Waals surface area contributed by atoms with Gasteiger partial charge in [0.05, 0.1) is 17.2 Å². The summed E-state index contributed by atoms with van der Waals surface area (Å²) < 4.78 is 1.54. The molecule has 0 aliphatic carbocycles. The number of piperidine rings is 1. The van der Waals surface area contributed by atoms with Crippen LogP contribution in [-0.4, -0.2) is 47.0 Å². The van der Waals surface area contributed by atoms with Gasteiger partial charge in [-0.15, -0.1) is 12.4 Å². The molecule has 25 heavy (non-hydrogen) atoms. The molecule has 0 bridgehead atoms. The molecule has 1 aromatic carbocycles. The van der Waals surface area contributed by atoms with Gasteiger partial charge in [-0.25, -0.2) is 4.98 Å². The maximum atomic E-state index is 12.5. The highest BCUT2D eigenvalue weighted by Gasteiger charge is 2.22. The van der Waals surface area contributed by atoms with Crippen molar-refractivity contribution in [3.63, 3.8) is 0 Å². The van der Waals surface area contributed by atoms with Crippen molar-refractivity contribution in [3.05, 3.63) is 40.9 Å². The molecule has 1 unspecified atom stereocenters. The molecule has 1 saturated heterocycles. The van der Waals surface area contributed by atoms with Crippen LogP contribution in [0.2, 0.25) is 0 Å². The number of amides is 1. The number of aryl methyl sites for hydroxylation is 1. The normalized spacial score (nSPS) is 17.3. The number of halogens is 1. The van der Waals surface area contributed by atoms with E-state index in [2.05, 4.69) is 10.3 Å². The first-order valence-electron chi connectivity index (χ1n) is 8.55. The van der Waals surface area contributed by atoms with Crippen LogP contribution in [0.15, 0.2) is 35.4 Å². The van der Waals surface area contributed by atoms with Crippen molar-refractivity contribution < 1.29 is 4.79 Å². The zero-order valence-electron chi connectivity index (χ0n) is 14.5. The Kier molecular flexibility index (Phi) is 6.96. The second kappa shape index (κ2) is 8.97. The predicted molar refractivity (Wildman–Crippen MR) is 101 cm³/mol. The van der Waals surface area contributed by atoms with Gasteiger partial charge in [0.15, 0.2) is 0 Å². The zero-order valence-corrected chi connectivity index (χ0v) is 15.3. The van der Waals surface area contributed by atoms with Crippen molar-refractivity contribution in [1.29, 1.82) is 0 Å². The van der Waals surface area contributed by atoms with E-state index in [0.717, 1.165) is 26.1 Å². The SMILES string of the molecule is CNCC1CCCN(C(=O)CCn2cnc3ccccc3c2=O)C1.Cl. The highest BCUT2D eigenvalue weighted by atomic mass is 35.5. The summed E-state index contributed by atoms with van der Waals surface area (Å²) in [5.41, 5.74) is 0.608. The minimum Gasteiger partial charge on any atom is -0.342 e. The van der Waals surface area contributed by atoms with Crippen LogP contribution in [0.3, 0.4) is 0 Å². The molecule has 6 nitrogen and oxygen atoms in total. The van der Waals surface area contributed by atoms with Crippen LogP contribution in [0, 0.1) is 5.92 Å². The lowest BCUT2D eigenvalue weighted by atomic mass is 9.98. The fraction of sp³-hybridized carbons (Fsp3) is 0.500. The Bertz CT molecular complexity index is 775. The highest BCUT2D eigenvalue weighted by Crippen LogP contribution is 2.16. The summed E-state index contributed by atoms with van der Waals surface area (Å²) in [5.74, 6) is 0.647. The molecular formula is C18H25ClN4O2. The summed E-state index contributed by atoms with van der Waals surface area (Å²) in [6, 6.07) is 7.29. The Hall–Kier alpha value is -1.92. The molecule has 1 N–H and O–H groups in total. The first-order valence-corrected chi connectivity index (χ1v) is 8.55. The second-order valence-electron chi connectivity index (χ2n) is 6.42. The van der Waals surface area contributed by atoms with Crippen LogP contribution >= 0.6 is 12.4 Å². The van der Waals surface area contributed by atoms with E-state index < -0.39 is 0 Å². The number of carbonyl (C=O) groups excluding carboxylic acids is 1. The van der Waals surface area contributed by atoms with Gasteiger partial charge in [0.25, 0.3) is 5.56 Å². The van der Waals surface area contributed by atoms with Crippen molar-refractivity contribution in [1.82, 2.24) is 19.8 Å². The number of nitrogens with zero attached hydrogens (tertiary/aromatic N) is 3. The third kappa shape index (κ3) is 4.58. The van der Waals surface area contributed by atoms with Gasteiger partial charge in [0, 0.05) is 26.1 Å². The smallest absolute Gasteiger partial charge is 0.261 e. The van der Waals surface area contributed by atoms with Gasteiger partial charge in [0.1, 0.15) is 0 Å². The van der Waals surface area contributed by atoms with Crippen molar-refractivity contribution in [2.45, 2.75) is 25.8 Å². The lowest BCUT2D eigenvalue weighted by molar-refractivity contribution is -0.133. The number of likely N-dealkylation sites (tertiary alicyclic amines) is 1. The molecule has 2 heterocycles. The van der Waals surface area contributed by atoms with Crippen molar-refractivity contribution in [2.75, 3.05) is 26.7 Å². The van der Waals surface area contributed by atoms with Gasteiger partial charge in [-0.05, 0) is 44.5 Å². The number of hydrogen-bond acceptors (Lipinski definition) is 4. The molecule has 0 spiro atoms. The van der Waals surface area contributed by atoms with Gasteiger partial charge in [-0.3, -0.25) is 14.2 Å². The van der Waals surface area contributed by atoms with Gasteiger partial charge in [-0.1, -0.05) is 12.1 Å². The molecule has 2 aromatic rings. The van der Waals surface area contributed by atoms with E-state index in [-0.39, 0.29) is 23.9 Å². The lowest BCUT2D eigenvalue weighted by Gasteiger charge is -2.32. The molecule has 0 saturated carbocycles. The molecule has 1 aliphatic heterocycles. The number of hydrogen-bond donors (Lipinski definition) is 1. The van der Waals surface area contributed by atoms with E-state index in [0.29, 0.717) is 29.8 Å². The molecule has 0 radical (unpaired) electrons. The Labute approximate surface area is 153 Å². The van der Waals surface area contributed by atoms with E-state index >= 15 is 0 Å². The Balaban J connectivity index is 0.00000225. The first kappa shape index (κ1) is 19.4. The molecule has 1 atom stereocenters. The molecule has 1 aliphatic rings. The van der Waals surface area contributed by atoms with E-state index in [1.807, 2.05) is 30.1 Å². The lowest BCUT2D eigenvalue weighted by Crippen LogP contribution is -2.42. The van der Waals surface area contributed by atoms with Crippen LogP contribution in [0.5, 0.6) is 0 Å². The van der Waals surface area contributed by atoms with Gasteiger partial charge in [0.2, 0.25) is 5.91 Å². The average molecular weight is 365 g/mol. The van der Waals surface area contributed by atoms with E-state index in [1.165, 1.54) is 17.3 Å². The van der Waals surface area contributed by atoms with Gasteiger partial charge < -0.3 is 10.2 Å². The van der Waals surface area contributed by atoms with Crippen LogP contribution < -0.4 is 10.9 Å². The quantitative estimate of drug-likeness (QED) is 0.876. The van der Waals surface area contributed by atoms with E-state index in [1.54, 1.807) is 6.07 Å². The average Bonchev–Trinajstić information content (AvgIpc) is 2.62. The van der Waals surface area contributed by atoms with Gasteiger partial charge in [-0.2, -0.15) is 0 Å². The number of fused-ring (bicyclic) bond motifs is 1. The Morgan fingerprint density at radius 3 is 2.96 bits per heavy atom. The number of benzene rings is 1. The highest BCUT2D eigenvalue weighted by molar-refractivity contribution is 5.85. The van der Waals surface area contributed by atoms with Crippen molar-refractivity contribution in [2.24, 2.45) is 5.92 Å². The largest absolute Gasteiger partial charge is 0.342 e. The summed E-state index contributed by atoms with van der Waals surface area (Å²) >= 11 is 0. The molecule has 3 rings (SSSR count). The molecule has 1 aromatic heterocycles. The predicted octanol–water partition coefficient (Wildman–Crippen LogP) is 1.67. The third-order valence-electron chi connectivity index (χ3n) is 4.66. The molecule has 136 valence electrons. The Morgan fingerprint density at radius 2 is 2.16 bits per heavy atom. The number of rotatable bonds is 5. The zero-order chi connectivity index (χ0) is 16.9. The molecule has 1 fully saturated rings. The minimum atomic E-state index is -0.0832. The fourth-order valence-corrected chi connectivity index (χ4v) is 3.39. The number of nitrogens with one attached hydrogen (secondary N) is 1. The number of para-hydroxylation sites is 1. The second-order valence-corrected chi connectivity index (χ2v) is 6.42. The molecule has 1 amide bonds. The van der Waals surface area contributed by atoms with Crippen molar-refractivity contribution >= 4 is 29.2 Å². The maximum Gasteiger partial charge on any atom is 0.261 e. The van der Waals surface area contributed by atoms with Crippen LogP contribution in [0.25, 0.3) is 10.9 Å². The summed E-state index contributed by atoms with van der Waals surface area (Å²) in [7, 11) is 1.94. The van der Waals surface area contributed by atoms with Crippen LogP contribution in [0.1, 0.15) is 19.3 Å².